The molecule has 1 aromatic carbocycles. The third kappa shape index (κ3) is 3.02. The number of aromatic nitrogens is 1. The summed E-state index contributed by atoms with van der Waals surface area (Å²) in [5, 5.41) is 5.78. The van der Waals surface area contributed by atoms with Gasteiger partial charge in [-0.05, 0) is 43.0 Å². The lowest BCUT2D eigenvalue weighted by molar-refractivity contribution is 0.415. The molecule has 0 unspecified atom stereocenters. The summed E-state index contributed by atoms with van der Waals surface area (Å²) in [4.78, 5) is 4.70. The Balaban J connectivity index is 1.74. The van der Waals surface area contributed by atoms with Gasteiger partial charge in [-0.1, -0.05) is 29.5 Å². The van der Waals surface area contributed by atoms with E-state index in [0.717, 1.165) is 29.3 Å². The fourth-order valence-electron chi connectivity index (χ4n) is 2.25. The predicted molar refractivity (Wildman–Crippen MR) is 85.5 cm³/mol. The minimum atomic E-state index is 0.882. The van der Waals surface area contributed by atoms with Crippen molar-refractivity contribution in [2.45, 2.75) is 19.3 Å². The largest absolute Gasteiger partial charge is 0.497 e. The van der Waals surface area contributed by atoms with E-state index in [-0.39, 0.29) is 0 Å². The van der Waals surface area contributed by atoms with Crippen LogP contribution in [0, 0.1) is 0 Å². The number of ether oxygens (including phenoxy) is 1. The number of thiazole rings is 1. The number of methoxy groups -OCH3 is 1. The van der Waals surface area contributed by atoms with Crippen molar-refractivity contribution in [2.75, 3.05) is 19.0 Å². The molecule has 0 aliphatic carbocycles. The number of benzene rings is 1. The number of nitrogens with zero attached hydrogens (tertiary/aromatic N) is 1. The number of rotatable bonds is 3. The molecule has 2 aromatic rings. The standard InChI is InChI=1S/C16H18N2OS/c1-19-13-8-5-12(6-9-13)7-10-15-18-14-4-2-3-11-17-16(14)20-15/h5-10,17H,2-4,11H2,1H3/b10-7+. The molecule has 0 amide bonds. The van der Waals surface area contributed by atoms with Crippen LogP contribution in [0.25, 0.3) is 12.2 Å². The average molecular weight is 286 g/mol. The maximum absolute atomic E-state index is 5.16. The Kier molecular flexibility index (Phi) is 4.02. The van der Waals surface area contributed by atoms with Crippen molar-refractivity contribution in [3.63, 3.8) is 0 Å². The van der Waals surface area contributed by atoms with E-state index < -0.39 is 0 Å². The predicted octanol–water partition coefficient (Wildman–Crippen LogP) is 4.07. The molecule has 0 spiro atoms. The first kappa shape index (κ1) is 13.2. The molecule has 4 heteroatoms. The zero-order valence-corrected chi connectivity index (χ0v) is 12.4. The smallest absolute Gasteiger partial charge is 0.118 e. The van der Waals surface area contributed by atoms with Crippen molar-refractivity contribution in [3.05, 3.63) is 40.5 Å². The lowest BCUT2D eigenvalue weighted by Gasteiger charge is -1.98. The van der Waals surface area contributed by atoms with Gasteiger partial charge < -0.3 is 10.1 Å². The first-order valence-corrected chi connectivity index (χ1v) is 7.72. The summed E-state index contributed by atoms with van der Waals surface area (Å²) in [6.45, 7) is 1.07. The van der Waals surface area contributed by atoms with Crippen LogP contribution < -0.4 is 10.1 Å². The molecule has 0 fully saturated rings. The molecule has 3 rings (SSSR count). The van der Waals surface area contributed by atoms with Gasteiger partial charge in [0.15, 0.2) is 0 Å². The fraction of sp³-hybridized carbons (Fsp3) is 0.312. The molecule has 0 saturated heterocycles. The van der Waals surface area contributed by atoms with Crippen LogP contribution in [0.3, 0.4) is 0 Å². The lowest BCUT2D eigenvalue weighted by atomic mass is 10.2. The highest BCUT2D eigenvalue weighted by atomic mass is 32.1. The van der Waals surface area contributed by atoms with Gasteiger partial charge in [-0.2, -0.15) is 0 Å². The number of hydrogen-bond acceptors (Lipinski definition) is 4. The molecular formula is C16H18N2OS. The maximum atomic E-state index is 5.16. The van der Waals surface area contributed by atoms with Gasteiger partial charge in [-0.15, -0.1) is 0 Å². The van der Waals surface area contributed by atoms with E-state index >= 15 is 0 Å². The van der Waals surface area contributed by atoms with Crippen molar-refractivity contribution in [2.24, 2.45) is 0 Å². The zero-order chi connectivity index (χ0) is 13.8. The van der Waals surface area contributed by atoms with Gasteiger partial charge in [0.2, 0.25) is 0 Å². The minimum Gasteiger partial charge on any atom is -0.497 e. The molecule has 1 aromatic heterocycles. The molecule has 3 nitrogen and oxygen atoms in total. The highest BCUT2D eigenvalue weighted by Gasteiger charge is 2.11. The highest BCUT2D eigenvalue weighted by molar-refractivity contribution is 7.16. The minimum absolute atomic E-state index is 0.882. The van der Waals surface area contributed by atoms with Gasteiger partial charge in [-0.25, -0.2) is 4.98 Å². The Morgan fingerprint density at radius 1 is 1.20 bits per heavy atom. The van der Waals surface area contributed by atoms with Crippen LogP contribution in [0.5, 0.6) is 5.75 Å². The Morgan fingerprint density at radius 3 is 2.85 bits per heavy atom. The van der Waals surface area contributed by atoms with Crippen molar-refractivity contribution >= 4 is 28.5 Å². The monoisotopic (exact) mass is 286 g/mol. The van der Waals surface area contributed by atoms with E-state index in [0.29, 0.717) is 0 Å². The first-order chi connectivity index (χ1) is 9.85. The van der Waals surface area contributed by atoms with Crippen molar-refractivity contribution in [3.8, 4) is 5.75 Å². The zero-order valence-electron chi connectivity index (χ0n) is 11.6. The van der Waals surface area contributed by atoms with Crippen molar-refractivity contribution < 1.29 is 4.74 Å². The number of anilines is 1. The summed E-state index contributed by atoms with van der Waals surface area (Å²) in [7, 11) is 1.68. The third-order valence-electron chi connectivity index (χ3n) is 3.37. The Bertz CT molecular complexity index is 578. The molecule has 0 bridgehead atoms. The van der Waals surface area contributed by atoms with Crippen LogP contribution in [0.15, 0.2) is 24.3 Å². The number of aryl methyl sites for hydroxylation is 1. The first-order valence-electron chi connectivity index (χ1n) is 6.91. The normalized spacial score (nSPS) is 14.7. The Labute approximate surface area is 123 Å². The molecular weight excluding hydrogens is 268 g/mol. The van der Waals surface area contributed by atoms with E-state index in [1.807, 2.05) is 24.3 Å². The second-order valence-electron chi connectivity index (χ2n) is 4.82. The van der Waals surface area contributed by atoms with E-state index in [1.54, 1.807) is 18.4 Å². The number of hydrogen-bond donors (Lipinski definition) is 1. The molecule has 0 atom stereocenters. The van der Waals surface area contributed by atoms with Crippen molar-refractivity contribution in [1.82, 2.24) is 4.98 Å². The molecule has 2 heterocycles. The van der Waals surface area contributed by atoms with Crippen LogP contribution in [0.2, 0.25) is 0 Å². The van der Waals surface area contributed by atoms with E-state index in [2.05, 4.69) is 17.5 Å². The Morgan fingerprint density at radius 2 is 2.05 bits per heavy atom. The van der Waals surface area contributed by atoms with Gasteiger partial charge in [-0.3, -0.25) is 0 Å². The van der Waals surface area contributed by atoms with E-state index in [4.69, 9.17) is 9.72 Å². The summed E-state index contributed by atoms with van der Waals surface area (Å²) in [5.74, 6) is 0.882. The molecule has 1 aliphatic rings. The fourth-order valence-corrected chi connectivity index (χ4v) is 3.19. The van der Waals surface area contributed by atoms with Crippen molar-refractivity contribution in [1.29, 1.82) is 0 Å². The van der Waals surface area contributed by atoms with Gasteiger partial charge in [0.05, 0.1) is 12.8 Å². The number of nitrogens with one attached hydrogen (secondary N) is 1. The van der Waals surface area contributed by atoms with Crippen LogP contribution in [-0.2, 0) is 6.42 Å². The van der Waals surface area contributed by atoms with Crippen LogP contribution >= 0.6 is 11.3 Å². The third-order valence-corrected chi connectivity index (χ3v) is 4.39. The van der Waals surface area contributed by atoms with E-state index in [9.17, 15) is 0 Å². The quantitative estimate of drug-likeness (QED) is 0.923. The SMILES string of the molecule is COc1ccc(/C=C/c2nc3c(s2)NCCCC3)cc1. The second kappa shape index (κ2) is 6.09. The summed E-state index contributed by atoms with van der Waals surface area (Å²) in [6.07, 6.45) is 7.74. The van der Waals surface area contributed by atoms with Crippen LogP contribution in [0.1, 0.15) is 29.1 Å². The molecule has 1 aliphatic heterocycles. The van der Waals surface area contributed by atoms with Crippen LogP contribution in [-0.4, -0.2) is 18.6 Å². The highest BCUT2D eigenvalue weighted by Crippen LogP contribution is 2.29. The molecule has 0 radical (unpaired) electrons. The second-order valence-corrected chi connectivity index (χ2v) is 5.85. The van der Waals surface area contributed by atoms with Crippen LogP contribution in [0.4, 0.5) is 5.00 Å². The van der Waals surface area contributed by atoms with Gasteiger partial charge in [0, 0.05) is 6.54 Å². The average Bonchev–Trinajstić information content (AvgIpc) is 2.75. The topological polar surface area (TPSA) is 34.1 Å². The van der Waals surface area contributed by atoms with Gasteiger partial charge in [0.25, 0.3) is 0 Å². The molecule has 0 saturated carbocycles. The summed E-state index contributed by atoms with van der Waals surface area (Å²) < 4.78 is 5.16. The van der Waals surface area contributed by atoms with E-state index in [1.165, 1.54) is 23.5 Å². The van der Waals surface area contributed by atoms with Gasteiger partial charge >= 0.3 is 0 Å². The summed E-state index contributed by atoms with van der Waals surface area (Å²) >= 11 is 1.74. The summed E-state index contributed by atoms with van der Waals surface area (Å²) in [6, 6.07) is 8.04. The van der Waals surface area contributed by atoms with Gasteiger partial charge in [0.1, 0.15) is 15.8 Å². The molecule has 104 valence electrons. The number of fused-ring (bicyclic) bond motifs is 1. The molecule has 20 heavy (non-hydrogen) atoms. The Hall–Kier alpha value is -1.81. The lowest BCUT2D eigenvalue weighted by Crippen LogP contribution is -1.96. The molecule has 1 N–H and O–H groups in total. The maximum Gasteiger partial charge on any atom is 0.118 e. The summed E-state index contributed by atoms with van der Waals surface area (Å²) in [5.41, 5.74) is 2.38.